The Hall–Kier alpha value is -2.22. The van der Waals surface area contributed by atoms with Crippen LogP contribution in [0.25, 0.3) is 0 Å². The summed E-state index contributed by atoms with van der Waals surface area (Å²) in [6, 6.07) is 11.9. The molecule has 0 aliphatic carbocycles. The number of hydrogen-bond acceptors (Lipinski definition) is 3. The number of halogens is 2. The number of ether oxygens (including phenoxy) is 1. The minimum Gasteiger partial charge on any atom is -0.484 e. The van der Waals surface area contributed by atoms with Crippen molar-refractivity contribution in [2.45, 2.75) is 6.92 Å². The van der Waals surface area contributed by atoms with Crippen LogP contribution in [0.5, 0.6) is 5.75 Å². The lowest BCUT2D eigenvalue weighted by Gasteiger charge is -2.11. The first kappa shape index (κ1) is 16.2. The molecule has 0 atom stereocenters. The smallest absolute Gasteiger partial charge is 0.262 e. The van der Waals surface area contributed by atoms with Crippen LogP contribution in [-0.4, -0.2) is 12.5 Å². The summed E-state index contributed by atoms with van der Waals surface area (Å²) in [7, 11) is 0. The summed E-state index contributed by atoms with van der Waals surface area (Å²) in [5.41, 5.74) is 1.71. The van der Waals surface area contributed by atoms with E-state index in [2.05, 4.69) is 5.32 Å². The number of carbonyl (C=O) groups excluding carboxylic acids is 1. The van der Waals surface area contributed by atoms with E-state index in [9.17, 15) is 4.79 Å². The summed E-state index contributed by atoms with van der Waals surface area (Å²) in [5, 5.41) is 12.1. The first-order valence-corrected chi connectivity index (χ1v) is 7.14. The van der Waals surface area contributed by atoms with Gasteiger partial charge in [-0.1, -0.05) is 29.3 Å². The molecule has 0 spiro atoms. The van der Waals surface area contributed by atoms with Crippen molar-refractivity contribution in [3.05, 3.63) is 57.6 Å². The number of nitrogens with zero attached hydrogens (tertiary/aromatic N) is 1. The fourth-order valence-electron chi connectivity index (χ4n) is 1.72. The highest BCUT2D eigenvalue weighted by Gasteiger charge is 2.12. The first-order valence-electron chi connectivity index (χ1n) is 6.38. The summed E-state index contributed by atoms with van der Waals surface area (Å²) in [5.74, 6) is 0.120. The van der Waals surface area contributed by atoms with Crippen molar-refractivity contribution in [2.75, 3.05) is 11.9 Å². The second kappa shape index (κ2) is 7.17. The Morgan fingerprint density at radius 2 is 1.91 bits per heavy atom. The number of nitriles is 1. The van der Waals surface area contributed by atoms with Gasteiger partial charge < -0.3 is 10.1 Å². The van der Waals surface area contributed by atoms with Crippen molar-refractivity contribution in [1.29, 1.82) is 5.26 Å². The summed E-state index contributed by atoms with van der Waals surface area (Å²) < 4.78 is 5.34. The van der Waals surface area contributed by atoms with Crippen LogP contribution in [0.4, 0.5) is 5.69 Å². The Kier molecular flexibility index (Phi) is 5.26. The fourth-order valence-corrected chi connectivity index (χ4v) is 2.19. The molecule has 0 aliphatic rings. The molecule has 6 heteroatoms. The third-order valence-corrected chi connectivity index (χ3v) is 3.70. The Balaban J connectivity index is 1.99. The quantitative estimate of drug-likeness (QED) is 0.911. The molecule has 0 saturated carbocycles. The van der Waals surface area contributed by atoms with Crippen LogP contribution in [-0.2, 0) is 4.79 Å². The van der Waals surface area contributed by atoms with Crippen molar-refractivity contribution < 1.29 is 9.53 Å². The van der Waals surface area contributed by atoms with Crippen LogP contribution >= 0.6 is 23.2 Å². The zero-order valence-electron chi connectivity index (χ0n) is 11.7. The van der Waals surface area contributed by atoms with Gasteiger partial charge in [-0.2, -0.15) is 5.26 Å². The first-order chi connectivity index (χ1) is 10.5. The molecule has 0 saturated heterocycles. The van der Waals surface area contributed by atoms with Gasteiger partial charge in [0.2, 0.25) is 0 Å². The number of anilines is 1. The molecular formula is C16H12Cl2N2O2. The highest BCUT2D eigenvalue weighted by Crippen LogP contribution is 2.32. The van der Waals surface area contributed by atoms with Crippen molar-refractivity contribution in [3.63, 3.8) is 0 Å². The van der Waals surface area contributed by atoms with E-state index in [0.717, 1.165) is 5.56 Å². The van der Waals surface area contributed by atoms with Gasteiger partial charge in [-0.15, -0.1) is 0 Å². The Morgan fingerprint density at radius 1 is 1.23 bits per heavy atom. The average Bonchev–Trinajstić information content (AvgIpc) is 2.53. The van der Waals surface area contributed by atoms with Crippen molar-refractivity contribution >= 4 is 34.8 Å². The summed E-state index contributed by atoms with van der Waals surface area (Å²) in [6.45, 7) is 1.63. The highest BCUT2D eigenvalue weighted by molar-refractivity contribution is 6.40. The van der Waals surface area contributed by atoms with Crippen molar-refractivity contribution in [1.82, 2.24) is 0 Å². The molecule has 0 unspecified atom stereocenters. The maximum absolute atomic E-state index is 11.9. The predicted molar refractivity (Wildman–Crippen MR) is 86.5 cm³/mol. The van der Waals surface area contributed by atoms with Crippen LogP contribution in [0.3, 0.4) is 0 Å². The number of rotatable bonds is 4. The maximum atomic E-state index is 11.9. The van der Waals surface area contributed by atoms with Gasteiger partial charge in [0, 0.05) is 0 Å². The second-order valence-corrected chi connectivity index (χ2v) is 5.31. The molecule has 1 amide bonds. The van der Waals surface area contributed by atoms with E-state index in [1.54, 1.807) is 36.4 Å². The summed E-state index contributed by atoms with van der Waals surface area (Å²) in [6.07, 6.45) is 0. The van der Waals surface area contributed by atoms with E-state index in [1.165, 1.54) is 0 Å². The van der Waals surface area contributed by atoms with Gasteiger partial charge in [-0.3, -0.25) is 4.79 Å². The molecule has 2 aromatic carbocycles. The molecule has 0 aliphatic heterocycles. The maximum Gasteiger partial charge on any atom is 0.262 e. The number of nitrogens with one attached hydrogen (secondary N) is 1. The van der Waals surface area contributed by atoms with Gasteiger partial charge >= 0.3 is 0 Å². The third-order valence-electron chi connectivity index (χ3n) is 2.90. The summed E-state index contributed by atoms with van der Waals surface area (Å²) in [4.78, 5) is 11.9. The van der Waals surface area contributed by atoms with Crippen LogP contribution in [0.1, 0.15) is 11.1 Å². The molecule has 0 fully saturated rings. The van der Waals surface area contributed by atoms with E-state index >= 15 is 0 Å². The van der Waals surface area contributed by atoms with Crippen LogP contribution in [0.2, 0.25) is 10.0 Å². The molecule has 22 heavy (non-hydrogen) atoms. The monoisotopic (exact) mass is 334 g/mol. The minimum atomic E-state index is -0.376. The lowest BCUT2D eigenvalue weighted by molar-refractivity contribution is -0.118. The highest BCUT2D eigenvalue weighted by atomic mass is 35.5. The molecule has 0 radical (unpaired) electrons. The number of benzene rings is 2. The zero-order valence-corrected chi connectivity index (χ0v) is 13.2. The number of hydrogen-bond donors (Lipinski definition) is 1. The van der Waals surface area contributed by atoms with Crippen LogP contribution in [0.15, 0.2) is 36.4 Å². The summed E-state index contributed by atoms with van der Waals surface area (Å²) >= 11 is 12.1. The second-order valence-electron chi connectivity index (χ2n) is 4.53. The number of carbonyl (C=O) groups is 1. The lowest BCUT2D eigenvalue weighted by Crippen LogP contribution is -2.20. The Bertz CT molecular complexity index is 737. The normalized spacial score (nSPS) is 9.91. The van der Waals surface area contributed by atoms with Gasteiger partial charge in [-0.25, -0.2) is 0 Å². The van der Waals surface area contributed by atoms with Gasteiger partial charge in [0.1, 0.15) is 5.75 Å². The molecular weight excluding hydrogens is 323 g/mol. The standard InChI is InChI=1S/C16H12Cl2N2O2/c1-10-2-7-13(17)16(15(10)18)20-14(21)9-22-12-5-3-11(8-19)4-6-12/h2-7H,9H2,1H3,(H,20,21). The molecule has 0 aromatic heterocycles. The molecule has 0 bridgehead atoms. The molecule has 2 aromatic rings. The Morgan fingerprint density at radius 3 is 2.55 bits per heavy atom. The van der Waals surface area contributed by atoms with E-state index in [1.807, 2.05) is 13.0 Å². The molecule has 0 heterocycles. The molecule has 1 N–H and O–H groups in total. The SMILES string of the molecule is Cc1ccc(Cl)c(NC(=O)COc2ccc(C#N)cc2)c1Cl. The van der Waals surface area contributed by atoms with Crippen molar-refractivity contribution in [3.8, 4) is 11.8 Å². The minimum absolute atomic E-state index is 0.188. The fraction of sp³-hybridized carbons (Fsp3) is 0.125. The third kappa shape index (κ3) is 3.91. The number of aryl methyl sites for hydroxylation is 1. The Labute approximate surface area is 138 Å². The van der Waals surface area contributed by atoms with Gasteiger partial charge in [-0.05, 0) is 42.8 Å². The topological polar surface area (TPSA) is 62.1 Å². The van der Waals surface area contributed by atoms with E-state index in [0.29, 0.717) is 27.0 Å². The van der Waals surface area contributed by atoms with Crippen molar-refractivity contribution in [2.24, 2.45) is 0 Å². The molecule has 112 valence electrons. The van der Waals surface area contributed by atoms with E-state index in [4.69, 9.17) is 33.2 Å². The van der Waals surface area contributed by atoms with Gasteiger partial charge in [0.05, 0.1) is 27.4 Å². The van der Waals surface area contributed by atoms with Gasteiger partial charge in [0.15, 0.2) is 6.61 Å². The van der Waals surface area contributed by atoms with Crippen LogP contribution in [0, 0.1) is 18.3 Å². The molecule has 2 rings (SSSR count). The lowest BCUT2D eigenvalue weighted by atomic mass is 10.2. The average molecular weight is 335 g/mol. The largest absolute Gasteiger partial charge is 0.484 e. The van der Waals surface area contributed by atoms with E-state index < -0.39 is 0 Å². The van der Waals surface area contributed by atoms with E-state index in [-0.39, 0.29) is 12.5 Å². The predicted octanol–water partition coefficient (Wildman–Crippen LogP) is 4.19. The van der Waals surface area contributed by atoms with Crippen LogP contribution < -0.4 is 10.1 Å². The molecule has 4 nitrogen and oxygen atoms in total. The number of amides is 1. The van der Waals surface area contributed by atoms with Gasteiger partial charge in [0.25, 0.3) is 5.91 Å². The zero-order chi connectivity index (χ0) is 16.1.